The van der Waals surface area contributed by atoms with Crippen LogP contribution in [-0.4, -0.2) is 16.6 Å². The van der Waals surface area contributed by atoms with Crippen LogP contribution in [0.15, 0.2) is 24.3 Å². The molecule has 1 aromatic carbocycles. The first-order valence-electron chi connectivity index (χ1n) is 5.51. The molecule has 0 amide bonds. The van der Waals surface area contributed by atoms with Crippen molar-refractivity contribution in [1.29, 1.82) is 0 Å². The predicted octanol–water partition coefficient (Wildman–Crippen LogP) is 3.84. The van der Waals surface area contributed by atoms with Gasteiger partial charge in [0.1, 0.15) is 0 Å². The summed E-state index contributed by atoms with van der Waals surface area (Å²) in [5.41, 5.74) is 0.591. The van der Waals surface area contributed by atoms with E-state index in [2.05, 4.69) is 12.3 Å². The highest BCUT2D eigenvalue weighted by atomic mass is 32.2. The van der Waals surface area contributed by atoms with Crippen molar-refractivity contribution in [2.24, 2.45) is 0 Å². The number of phenols is 1. The molecule has 2 atom stereocenters. The van der Waals surface area contributed by atoms with Gasteiger partial charge in [-0.05, 0) is 36.8 Å². The normalized spacial score (nSPS) is 23.9. The van der Waals surface area contributed by atoms with Crippen LogP contribution >= 0.6 is 11.8 Å². The van der Waals surface area contributed by atoms with Gasteiger partial charge in [0, 0.05) is 11.2 Å². The standard InChI is InChI=1S/C13H14F2OS/c1-17-10-4-2-8(3-5-10)9-6-11(14)13(16)12(15)7-9/h2,4,6-8,10,16H,3,5H2,1H3. The van der Waals surface area contributed by atoms with Crippen LogP contribution in [-0.2, 0) is 0 Å². The molecule has 0 fully saturated rings. The Morgan fingerprint density at radius 1 is 1.18 bits per heavy atom. The smallest absolute Gasteiger partial charge is 0.187 e. The zero-order chi connectivity index (χ0) is 12.4. The average molecular weight is 256 g/mol. The molecule has 17 heavy (non-hydrogen) atoms. The summed E-state index contributed by atoms with van der Waals surface area (Å²) in [6, 6.07) is 2.43. The lowest BCUT2D eigenvalue weighted by molar-refractivity contribution is 0.394. The Bertz CT molecular complexity index is 422. The van der Waals surface area contributed by atoms with Gasteiger partial charge < -0.3 is 5.11 Å². The second-order valence-electron chi connectivity index (χ2n) is 4.18. The molecular formula is C13H14F2OS. The summed E-state index contributed by atoms with van der Waals surface area (Å²) in [4.78, 5) is 0. The number of benzene rings is 1. The molecule has 1 aromatic rings. The highest BCUT2D eigenvalue weighted by Gasteiger charge is 2.19. The third kappa shape index (κ3) is 2.63. The molecule has 0 spiro atoms. The van der Waals surface area contributed by atoms with Gasteiger partial charge in [-0.15, -0.1) is 0 Å². The van der Waals surface area contributed by atoms with Crippen molar-refractivity contribution in [2.45, 2.75) is 24.0 Å². The van der Waals surface area contributed by atoms with Crippen LogP contribution in [0.4, 0.5) is 8.78 Å². The van der Waals surface area contributed by atoms with Crippen molar-refractivity contribution < 1.29 is 13.9 Å². The molecule has 0 bridgehead atoms. The van der Waals surface area contributed by atoms with E-state index in [1.807, 2.05) is 6.08 Å². The summed E-state index contributed by atoms with van der Waals surface area (Å²) in [5, 5.41) is 9.54. The maximum absolute atomic E-state index is 13.2. The summed E-state index contributed by atoms with van der Waals surface area (Å²) in [6.07, 6.45) is 8.02. The van der Waals surface area contributed by atoms with Crippen molar-refractivity contribution >= 4 is 11.8 Å². The molecule has 0 radical (unpaired) electrons. The van der Waals surface area contributed by atoms with Crippen LogP contribution in [0.3, 0.4) is 0 Å². The van der Waals surface area contributed by atoms with Crippen LogP contribution < -0.4 is 0 Å². The first-order chi connectivity index (χ1) is 8.11. The number of phenolic OH excluding ortho intramolecular Hbond substituents is 1. The van der Waals surface area contributed by atoms with E-state index in [0.29, 0.717) is 10.8 Å². The Morgan fingerprint density at radius 2 is 1.82 bits per heavy atom. The van der Waals surface area contributed by atoms with Crippen molar-refractivity contribution in [2.75, 3.05) is 6.26 Å². The molecule has 0 aliphatic heterocycles. The second kappa shape index (κ2) is 5.08. The van der Waals surface area contributed by atoms with Gasteiger partial charge in [0.15, 0.2) is 17.4 Å². The largest absolute Gasteiger partial charge is 0.503 e. The zero-order valence-corrected chi connectivity index (χ0v) is 10.3. The van der Waals surface area contributed by atoms with E-state index in [9.17, 15) is 8.78 Å². The number of thioether (sulfide) groups is 1. The van der Waals surface area contributed by atoms with Crippen LogP contribution in [0, 0.1) is 11.6 Å². The Hall–Kier alpha value is -1.03. The molecule has 0 aromatic heterocycles. The molecule has 1 aliphatic carbocycles. The third-order valence-corrected chi connectivity index (χ3v) is 4.09. The molecule has 4 heteroatoms. The summed E-state index contributed by atoms with van der Waals surface area (Å²) in [5.74, 6) is -2.63. The number of rotatable bonds is 2. The first kappa shape index (κ1) is 12.4. The van der Waals surface area contributed by atoms with Crippen molar-refractivity contribution in [3.8, 4) is 5.75 Å². The van der Waals surface area contributed by atoms with Crippen LogP contribution in [0.5, 0.6) is 5.75 Å². The lowest BCUT2D eigenvalue weighted by Gasteiger charge is -2.22. The summed E-state index contributed by atoms with van der Waals surface area (Å²) in [6.45, 7) is 0. The monoisotopic (exact) mass is 256 g/mol. The van der Waals surface area contributed by atoms with Crippen molar-refractivity contribution in [3.05, 3.63) is 41.5 Å². The molecule has 2 unspecified atom stereocenters. The van der Waals surface area contributed by atoms with Gasteiger partial charge in [-0.3, -0.25) is 0 Å². The van der Waals surface area contributed by atoms with Gasteiger partial charge in [-0.2, -0.15) is 11.8 Å². The van der Waals surface area contributed by atoms with Crippen molar-refractivity contribution in [3.63, 3.8) is 0 Å². The van der Waals surface area contributed by atoms with Crippen LogP contribution in [0.1, 0.15) is 24.3 Å². The van der Waals surface area contributed by atoms with Gasteiger partial charge in [-0.25, -0.2) is 8.78 Å². The minimum Gasteiger partial charge on any atom is -0.503 e. The van der Waals surface area contributed by atoms with E-state index in [4.69, 9.17) is 5.11 Å². The molecule has 0 heterocycles. The van der Waals surface area contributed by atoms with Gasteiger partial charge in [-0.1, -0.05) is 12.2 Å². The maximum atomic E-state index is 13.2. The average Bonchev–Trinajstić information content (AvgIpc) is 2.35. The molecule has 1 nitrogen and oxygen atoms in total. The SMILES string of the molecule is CSC1C=CC(c2cc(F)c(O)c(F)c2)CC1. The fraction of sp³-hybridized carbons (Fsp3) is 0.385. The fourth-order valence-corrected chi connectivity index (χ4v) is 2.69. The second-order valence-corrected chi connectivity index (χ2v) is 5.25. The van der Waals surface area contributed by atoms with Gasteiger partial charge in [0.2, 0.25) is 0 Å². The molecular weight excluding hydrogens is 242 g/mol. The lowest BCUT2D eigenvalue weighted by atomic mass is 9.89. The Balaban J connectivity index is 2.24. The number of halogens is 2. The fourth-order valence-electron chi connectivity index (χ4n) is 2.07. The minimum atomic E-state index is -0.893. The first-order valence-corrected chi connectivity index (χ1v) is 6.79. The summed E-state index contributed by atoms with van der Waals surface area (Å²) >= 11 is 1.78. The Kier molecular flexibility index (Phi) is 3.72. The zero-order valence-electron chi connectivity index (χ0n) is 9.49. The van der Waals surface area contributed by atoms with Gasteiger partial charge >= 0.3 is 0 Å². The lowest BCUT2D eigenvalue weighted by Crippen LogP contribution is -2.09. The van der Waals surface area contributed by atoms with E-state index in [1.54, 1.807) is 11.8 Å². The quantitative estimate of drug-likeness (QED) is 0.811. The maximum Gasteiger partial charge on any atom is 0.187 e. The molecule has 0 saturated heterocycles. The molecule has 0 saturated carbocycles. The van der Waals surface area contributed by atoms with E-state index in [0.717, 1.165) is 12.8 Å². The van der Waals surface area contributed by atoms with Crippen molar-refractivity contribution in [1.82, 2.24) is 0 Å². The van der Waals surface area contributed by atoms with Gasteiger partial charge in [0.05, 0.1) is 0 Å². The Labute approximate surface area is 104 Å². The van der Waals surface area contributed by atoms with E-state index < -0.39 is 17.4 Å². The number of hydrogen-bond acceptors (Lipinski definition) is 2. The van der Waals surface area contributed by atoms with E-state index in [-0.39, 0.29) is 5.92 Å². The highest BCUT2D eigenvalue weighted by molar-refractivity contribution is 7.99. The molecule has 92 valence electrons. The minimum absolute atomic E-state index is 0.0444. The third-order valence-electron chi connectivity index (χ3n) is 3.09. The predicted molar refractivity (Wildman–Crippen MR) is 66.4 cm³/mol. The Morgan fingerprint density at radius 3 is 2.29 bits per heavy atom. The number of allylic oxidation sites excluding steroid dienone is 1. The molecule has 2 rings (SSSR count). The van der Waals surface area contributed by atoms with E-state index >= 15 is 0 Å². The van der Waals surface area contributed by atoms with E-state index in [1.165, 1.54) is 12.1 Å². The summed E-state index contributed by atoms with van der Waals surface area (Å²) in [7, 11) is 0. The van der Waals surface area contributed by atoms with Crippen LogP contribution in [0.25, 0.3) is 0 Å². The molecule has 1 aliphatic rings. The highest BCUT2D eigenvalue weighted by Crippen LogP contribution is 2.34. The topological polar surface area (TPSA) is 20.2 Å². The number of hydrogen-bond donors (Lipinski definition) is 1. The van der Waals surface area contributed by atoms with Gasteiger partial charge in [0.25, 0.3) is 0 Å². The summed E-state index contributed by atoms with van der Waals surface area (Å²) < 4.78 is 26.4. The molecule has 1 N–H and O–H groups in total. The van der Waals surface area contributed by atoms with Crippen LogP contribution in [0.2, 0.25) is 0 Å². The number of aromatic hydroxyl groups is 1.